The second-order valence-corrected chi connectivity index (χ2v) is 5.65. The van der Waals surface area contributed by atoms with E-state index in [1.165, 1.54) is 0 Å². The van der Waals surface area contributed by atoms with Crippen molar-refractivity contribution in [3.63, 3.8) is 0 Å². The van der Waals surface area contributed by atoms with E-state index in [9.17, 15) is 9.59 Å². The second-order valence-electron chi connectivity index (χ2n) is 5.25. The quantitative estimate of drug-likeness (QED) is 0.789. The number of carbonyl (C=O) groups is 2. The first-order valence-electron chi connectivity index (χ1n) is 7.46. The van der Waals surface area contributed by atoms with Gasteiger partial charge < -0.3 is 15.4 Å². The molecule has 6 heteroatoms. The van der Waals surface area contributed by atoms with Gasteiger partial charge in [-0.15, -0.1) is 0 Å². The van der Waals surface area contributed by atoms with Crippen LogP contribution in [0.1, 0.15) is 26.3 Å². The van der Waals surface area contributed by atoms with Gasteiger partial charge in [-0.3, -0.25) is 9.59 Å². The number of nitrogens with one attached hydrogen (secondary N) is 2. The molecule has 0 aliphatic rings. The van der Waals surface area contributed by atoms with Crippen molar-refractivity contribution in [1.82, 2.24) is 5.32 Å². The number of aryl methyl sites for hydroxylation is 1. The SMILES string of the molecule is COCCNC(=O)c1cccc(C(=O)Nc2ccc(C)c(Cl)c2)c1. The lowest BCUT2D eigenvalue weighted by molar-refractivity contribution is 0.0937. The third-order valence-corrected chi connectivity index (χ3v) is 3.82. The number of methoxy groups -OCH3 is 1. The summed E-state index contributed by atoms with van der Waals surface area (Å²) in [7, 11) is 1.56. The number of ether oxygens (including phenoxy) is 1. The third-order valence-electron chi connectivity index (χ3n) is 3.41. The van der Waals surface area contributed by atoms with Gasteiger partial charge in [-0.25, -0.2) is 0 Å². The Labute approximate surface area is 146 Å². The number of halogens is 1. The Morgan fingerprint density at radius 2 is 1.79 bits per heavy atom. The van der Waals surface area contributed by atoms with Gasteiger partial charge in [-0.05, 0) is 42.8 Å². The molecule has 0 aromatic heterocycles. The van der Waals surface area contributed by atoms with E-state index in [0.717, 1.165) is 5.56 Å². The normalized spacial score (nSPS) is 10.3. The highest BCUT2D eigenvalue weighted by Gasteiger charge is 2.11. The summed E-state index contributed by atoms with van der Waals surface area (Å²) in [6.45, 7) is 2.73. The van der Waals surface area contributed by atoms with Gasteiger partial charge in [-0.1, -0.05) is 23.7 Å². The number of hydrogen-bond donors (Lipinski definition) is 2. The highest BCUT2D eigenvalue weighted by atomic mass is 35.5. The molecule has 0 atom stereocenters. The Morgan fingerprint density at radius 1 is 1.08 bits per heavy atom. The van der Waals surface area contributed by atoms with Crippen molar-refractivity contribution >= 4 is 29.1 Å². The number of hydrogen-bond acceptors (Lipinski definition) is 3. The molecule has 126 valence electrons. The predicted molar refractivity (Wildman–Crippen MR) is 94.8 cm³/mol. The molecule has 0 saturated carbocycles. The molecule has 2 rings (SSSR count). The van der Waals surface area contributed by atoms with Crippen molar-refractivity contribution in [3.8, 4) is 0 Å². The van der Waals surface area contributed by atoms with E-state index >= 15 is 0 Å². The van der Waals surface area contributed by atoms with Crippen LogP contribution in [0.15, 0.2) is 42.5 Å². The van der Waals surface area contributed by atoms with Crippen molar-refractivity contribution in [2.24, 2.45) is 0 Å². The van der Waals surface area contributed by atoms with E-state index in [0.29, 0.717) is 35.0 Å². The lowest BCUT2D eigenvalue weighted by Crippen LogP contribution is -2.27. The fourth-order valence-electron chi connectivity index (χ4n) is 2.04. The Bertz CT molecular complexity index is 747. The Balaban J connectivity index is 2.08. The zero-order chi connectivity index (χ0) is 17.5. The molecule has 0 aliphatic carbocycles. The number of rotatable bonds is 6. The highest BCUT2D eigenvalue weighted by molar-refractivity contribution is 6.31. The van der Waals surface area contributed by atoms with Gasteiger partial charge in [-0.2, -0.15) is 0 Å². The minimum atomic E-state index is -0.304. The average molecular weight is 347 g/mol. The molecule has 0 bridgehead atoms. The molecule has 0 unspecified atom stereocenters. The van der Waals surface area contributed by atoms with Crippen LogP contribution in [-0.2, 0) is 4.74 Å². The largest absolute Gasteiger partial charge is 0.383 e. The maximum Gasteiger partial charge on any atom is 0.255 e. The Kier molecular flexibility index (Phi) is 6.35. The molecule has 0 radical (unpaired) electrons. The summed E-state index contributed by atoms with van der Waals surface area (Å²) in [5.74, 6) is -0.554. The molecule has 0 heterocycles. The van der Waals surface area contributed by atoms with Crippen LogP contribution in [0, 0.1) is 6.92 Å². The minimum absolute atomic E-state index is 0.250. The maximum atomic E-state index is 12.3. The first kappa shape index (κ1) is 18.0. The Morgan fingerprint density at radius 3 is 2.46 bits per heavy atom. The van der Waals surface area contributed by atoms with Crippen LogP contribution in [0.25, 0.3) is 0 Å². The minimum Gasteiger partial charge on any atom is -0.383 e. The van der Waals surface area contributed by atoms with Crippen LogP contribution in [-0.4, -0.2) is 32.1 Å². The van der Waals surface area contributed by atoms with Crippen LogP contribution in [0.4, 0.5) is 5.69 Å². The molecular formula is C18H19ClN2O3. The van der Waals surface area contributed by atoms with Gasteiger partial charge in [0.2, 0.25) is 0 Å². The van der Waals surface area contributed by atoms with Crippen molar-refractivity contribution in [2.75, 3.05) is 25.6 Å². The zero-order valence-corrected chi connectivity index (χ0v) is 14.3. The van der Waals surface area contributed by atoms with E-state index in [-0.39, 0.29) is 11.8 Å². The molecule has 0 spiro atoms. The van der Waals surface area contributed by atoms with E-state index in [2.05, 4.69) is 10.6 Å². The van der Waals surface area contributed by atoms with E-state index in [1.54, 1.807) is 43.5 Å². The van der Waals surface area contributed by atoms with Gasteiger partial charge in [0.25, 0.3) is 11.8 Å². The number of carbonyl (C=O) groups excluding carboxylic acids is 2. The summed E-state index contributed by atoms with van der Waals surface area (Å²) in [4.78, 5) is 24.4. The fourth-order valence-corrected chi connectivity index (χ4v) is 2.22. The Hall–Kier alpha value is -2.37. The molecule has 0 saturated heterocycles. The van der Waals surface area contributed by atoms with Crippen molar-refractivity contribution in [1.29, 1.82) is 0 Å². The maximum absolute atomic E-state index is 12.3. The molecule has 24 heavy (non-hydrogen) atoms. The number of anilines is 1. The summed E-state index contributed by atoms with van der Waals surface area (Å²) < 4.78 is 4.88. The third kappa shape index (κ3) is 4.81. The van der Waals surface area contributed by atoms with Crippen LogP contribution >= 0.6 is 11.6 Å². The van der Waals surface area contributed by atoms with Crippen LogP contribution in [0.2, 0.25) is 5.02 Å². The van der Waals surface area contributed by atoms with Gasteiger partial charge in [0.05, 0.1) is 6.61 Å². The summed E-state index contributed by atoms with van der Waals surface area (Å²) in [6.07, 6.45) is 0. The van der Waals surface area contributed by atoms with Gasteiger partial charge in [0.15, 0.2) is 0 Å². The monoisotopic (exact) mass is 346 g/mol. The van der Waals surface area contributed by atoms with Gasteiger partial charge in [0, 0.05) is 35.5 Å². The molecule has 0 fully saturated rings. The van der Waals surface area contributed by atoms with E-state index < -0.39 is 0 Å². The predicted octanol–water partition coefficient (Wildman–Crippen LogP) is 3.28. The fraction of sp³-hybridized carbons (Fsp3) is 0.222. The van der Waals surface area contributed by atoms with Crippen LogP contribution in [0.3, 0.4) is 0 Å². The first-order valence-corrected chi connectivity index (χ1v) is 7.84. The molecular weight excluding hydrogens is 328 g/mol. The summed E-state index contributed by atoms with van der Waals surface area (Å²) in [6, 6.07) is 11.8. The highest BCUT2D eigenvalue weighted by Crippen LogP contribution is 2.20. The number of amides is 2. The van der Waals surface area contributed by atoms with E-state index in [4.69, 9.17) is 16.3 Å². The zero-order valence-electron chi connectivity index (χ0n) is 13.6. The van der Waals surface area contributed by atoms with E-state index in [1.807, 2.05) is 13.0 Å². The standard InChI is InChI=1S/C18H19ClN2O3/c1-12-6-7-15(11-16(12)19)21-18(23)14-5-3-4-13(10-14)17(22)20-8-9-24-2/h3-7,10-11H,8-9H2,1-2H3,(H,20,22)(H,21,23). The summed E-state index contributed by atoms with van der Waals surface area (Å²) in [5, 5.41) is 6.07. The van der Waals surface area contributed by atoms with Crippen LogP contribution < -0.4 is 10.6 Å². The lowest BCUT2D eigenvalue weighted by atomic mass is 10.1. The second kappa shape index (κ2) is 8.47. The topological polar surface area (TPSA) is 67.4 Å². The molecule has 5 nitrogen and oxygen atoms in total. The molecule has 2 N–H and O–H groups in total. The molecule has 2 amide bonds. The van der Waals surface area contributed by atoms with Crippen LogP contribution in [0.5, 0.6) is 0 Å². The summed E-state index contributed by atoms with van der Waals surface area (Å²) >= 11 is 6.06. The summed E-state index contributed by atoms with van der Waals surface area (Å²) in [5.41, 5.74) is 2.35. The van der Waals surface area contributed by atoms with Gasteiger partial charge in [0.1, 0.15) is 0 Å². The smallest absolute Gasteiger partial charge is 0.255 e. The molecule has 2 aromatic carbocycles. The van der Waals surface area contributed by atoms with Gasteiger partial charge >= 0.3 is 0 Å². The van der Waals surface area contributed by atoms with Crippen molar-refractivity contribution in [2.45, 2.75) is 6.92 Å². The molecule has 0 aliphatic heterocycles. The molecule has 2 aromatic rings. The average Bonchev–Trinajstić information content (AvgIpc) is 2.58. The lowest BCUT2D eigenvalue weighted by Gasteiger charge is -2.09. The van der Waals surface area contributed by atoms with Crippen molar-refractivity contribution in [3.05, 3.63) is 64.2 Å². The number of benzene rings is 2. The first-order chi connectivity index (χ1) is 11.5. The van der Waals surface area contributed by atoms with Crippen molar-refractivity contribution < 1.29 is 14.3 Å².